The summed E-state index contributed by atoms with van der Waals surface area (Å²) >= 11 is 0. The van der Waals surface area contributed by atoms with Crippen LogP contribution in [0.1, 0.15) is 11.3 Å². The van der Waals surface area contributed by atoms with E-state index < -0.39 is 0 Å². The van der Waals surface area contributed by atoms with Crippen LogP contribution >= 0.6 is 0 Å². The lowest BCUT2D eigenvalue weighted by Gasteiger charge is -2.33. The molecule has 1 aromatic heterocycles. The Hall–Kier alpha value is -2.11. The molecule has 1 aliphatic heterocycles. The van der Waals surface area contributed by atoms with Crippen LogP contribution in [0.3, 0.4) is 0 Å². The molecule has 0 radical (unpaired) electrons. The zero-order valence-corrected chi connectivity index (χ0v) is 14.0. The Balaban J connectivity index is 1.31. The Bertz CT molecular complexity index is 605. The standard InChI is InChI=1S/C19H25N3O2/c23-19(20-9-8-17-5-2-1-3-6-17)16-22-12-10-21(11-13-22)15-18-7-4-14-24-18/h1-7,14H,8-13,15-16H2,(H,20,23). The van der Waals surface area contributed by atoms with Gasteiger partial charge in [-0.25, -0.2) is 0 Å². The van der Waals surface area contributed by atoms with Crippen LogP contribution in [-0.2, 0) is 17.8 Å². The quantitative estimate of drug-likeness (QED) is 0.842. The van der Waals surface area contributed by atoms with E-state index in [1.165, 1.54) is 5.56 Å². The van der Waals surface area contributed by atoms with Crippen molar-refractivity contribution in [1.82, 2.24) is 15.1 Å². The average Bonchev–Trinajstić information content (AvgIpc) is 3.11. The number of benzene rings is 1. The normalized spacial score (nSPS) is 16.2. The number of amides is 1. The van der Waals surface area contributed by atoms with Crippen LogP contribution in [0.2, 0.25) is 0 Å². The van der Waals surface area contributed by atoms with Crippen LogP contribution in [0.4, 0.5) is 0 Å². The summed E-state index contributed by atoms with van der Waals surface area (Å²) in [5, 5.41) is 3.02. The molecule has 1 saturated heterocycles. The summed E-state index contributed by atoms with van der Waals surface area (Å²) in [6.45, 7) is 5.82. The lowest BCUT2D eigenvalue weighted by molar-refractivity contribution is -0.122. The van der Waals surface area contributed by atoms with Gasteiger partial charge in [-0.2, -0.15) is 0 Å². The Morgan fingerprint density at radius 2 is 1.75 bits per heavy atom. The van der Waals surface area contributed by atoms with Crippen LogP contribution in [0.15, 0.2) is 53.1 Å². The van der Waals surface area contributed by atoms with E-state index in [2.05, 4.69) is 27.2 Å². The topological polar surface area (TPSA) is 48.7 Å². The van der Waals surface area contributed by atoms with Gasteiger partial charge in [0.2, 0.25) is 5.91 Å². The van der Waals surface area contributed by atoms with E-state index in [0.717, 1.165) is 44.9 Å². The number of nitrogens with one attached hydrogen (secondary N) is 1. The summed E-state index contributed by atoms with van der Waals surface area (Å²) in [6, 6.07) is 14.2. The van der Waals surface area contributed by atoms with E-state index in [0.29, 0.717) is 13.1 Å². The van der Waals surface area contributed by atoms with Gasteiger partial charge in [0.15, 0.2) is 0 Å². The molecule has 1 aromatic carbocycles. The molecule has 24 heavy (non-hydrogen) atoms. The molecule has 1 aliphatic rings. The van der Waals surface area contributed by atoms with Crippen molar-refractivity contribution in [3.8, 4) is 0 Å². The first-order valence-electron chi connectivity index (χ1n) is 8.57. The molecular formula is C19H25N3O2. The smallest absolute Gasteiger partial charge is 0.234 e. The first-order valence-corrected chi connectivity index (χ1v) is 8.57. The van der Waals surface area contributed by atoms with Gasteiger partial charge in [0, 0.05) is 32.7 Å². The lowest BCUT2D eigenvalue weighted by Crippen LogP contribution is -2.49. The van der Waals surface area contributed by atoms with Crippen molar-refractivity contribution in [3.05, 3.63) is 60.1 Å². The molecule has 3 rings (SSSR count). The number of carbonyl (C=O) groups excluding carboxylic acids is 1. The second kappa shape index (κ2) is 8.66. The number of carbonyl (C=O) groups is 1. The molecule has 0 bridgehead atoms. The highest BCUT2D eigenvalue weighted by Gasteiger charge is 2.19. The molecule has 5 heteroatoms. The number of nitrogens with zero attached hydrogens (tertiary/aromatic N) is 2. The Labute approximate surface area is 143 Å². The molecule has 0 spiro atoms. The third kappa shape index (κ3) is 5.22. The second-order valence-electron chi connectivity index (χ2n) is 6.22. The van der Waals surface area contributed by atoms with Crippen molar-refractivity contribution < 1.29 is 9.21 Å². The highest BCUT2D eigenvalue weighted by Crippen LogP contribution is 2.08. The fourth-order valence-electron chi connectivity index (χ4n) is 2.98. The zero-order chi connectivity index (χ0) is 16.6. The fourth-order valence-corrected chi connectivity index (χ4v) is 2.98. The van der Waals surface area contributed by atoms with E-state index in [4.69, 9.17) is 4.42 Å². The van der Waals surface area contributed by atoms with Gasteiger partial charge >= 0.3 is 0 Å². The van der Waals surface area contributed by atoms with Crippen molar-refractivity contribution in [2.24, 2.45) is 0 Å². The van der Waals surface area contributed by atoms with Gasteiger partial charge < -0.3 is 9.73 Å². The molecule has 0 unspecified atom stereocenters. The minimum absolute atomic E-state index is 0.116. The van der Waals surface area contributed by atoms with E-state index >= 15 is 0 Å². The van der Waals surface area contributed by atoms with E-state index in [1.54, 1.807) is 6.26 Å². The zero-order valence-electron chi connectivity index (χ0n) is 14.0. The van der Waals surface area contributed by atoms with E-state index in [9.17, 15) is 4.79 Å². The molecular weight excluding hydrogens is 302 g/mol. The maximum Gasteiger partial charge on any atom is 0.234 e. The van der Waals surface area contributed by atoms with Crippen molar-refractivity contribution >= 4 is 5.91 Å². The molecule has 0 atom stereocenters. The molecule has 1 fully saturated rings. The number of hydrogen-bond acceptors (Lipinski definition) is 4. The molecule has 128 valence electrons. The summed E-state index contributed by atoms with van der Waals surface area (Å²) in [7, 11) is 0. The summed E-state index contributed by atoms with van der Waals surface area (Å²) in [6.07, 6.45) is 2.59. The van der Waals surface area contributed by atoms with Crippen molar-refractivity contribution in [2.75, 3.05) is 39.3 Å². The fraction of sp³-hybridized carbons (Fsp3) is 0.421. The minimum atomic E-state index is 0.116. The Morgan fingerprint density at radius 1 is 1.00 bits per heavy atom. The summed E-state index contributed by atoms with van der Waals surface area (Å²) in [5.74, 6) is 1.12. The minimum Gasteiger partial charge on any atom is -0.468 e. The maximum absolute atomic E-state index is 12.1. The molecule has 0 aliphatic carbocycles. The molecule has 1 amide bonds. The van der Waals surface area contributed by atoms with Gasteiger partial charge in [0.25, 0.3) is 0 Å². The lowest BCUT2D eigenvalue weighted by atomic mass is 10.1. The van der Waals surface area contributed by atoms with Crippen LogP contribution in [0.25, 0.3) is 0 Å². The summed E-state index contributed by atoms with van der Waals surface area (Å²) in [5.41, 5.74) is 1.25. The van der Waals surface area contributed by atoms with Gasteiger partial charge in [-0.15, -0.1) is 0 Å². The van der Waals surface area contributed by atoms with Gasteiger partial charge in [0.1, 0.15) is 5.76 Å². The van der Waals surface area contributed by atoms with Crippen molar-refractivity contribution in [3.63, 3.8) is 0 Å². The van der Waals surface area contributed by atoms with Crippen LogP contribution < -0.4 is 5.32 Å². The monoisotopic (exact) mass is 327 g/mol. The Kier molecular flexibility index (Phi) is 6.04. The van der Waals surface area contributed by atoms with Crippen LogP contribution in [0, 0.1) is 0 Å². The highest BCUT2D eigenvalue weighted by molar-refractivity contribution is 5.78. The summed E-state index contributed by atoms with van der Waals surface area (Å²) in [4.78, 5) is 16.6. The molecule has 0 saturated carbocycles. The van der Waals surface area contributed by atoms with Gasteiger partial charge in [-0.1, -0.05) is 30.3 Å². The number of rotatable bonds is 7. The number of furan rings is 1. The van der Waals surface area contributed by atoms with Gasteiger partial charge in [-0.05, 0) is 24.1 Å². The van der Waals surface area contributed by atoms with E-state index in [-0.39, 0.29) is 5.91 Å². The van der Waals surface area contributed by atoms with E-state index in [1.807, 2.05) is 30.3 Å². The Morgan fingerprint density at radius 3 is 2.46 bits per heavy atom. The van der Waals surface area contributed by atoms with Gasteiger partial charge in [0.05, 0.1) is 19.4 Å². The average molecular weight is 327 g/mol. The van der Waals surface area contributed by atoms with Crippen LogP contribution in [0.5, 0.6) is 0 Å². The molecule has 2 aromatic rings. The predicted octanol–water partition coefficient (Wildman–Crippen LogP) is 1.76. The summed E-state index contributed by atoms with van der Waals surface area (Å²) < 4.78 is 5.39. The van der Waals surface area contributed by atoms with Gasteiger partial charge in [-0.3, -0.25) is 14.6 Å². The first kappa shape index (κ1) is 16.7. The van der Waals surface area contributed by atoms with Crippen molar-refractivity contribution in [1.29, 1.82) is 0 Å². The SMILES string of the molecule is O=C(CN1CCN(Cc2ccco2)CC1)NCCc1ccccc1. The predicted molar refractivity (Wildman–Crippen MR) is 93.6 cm³/mol. The maximum atomic E-state index is 12.1. The third-order valence-corrected chi connectivity index (χ3v) is 4.37. The number of hydrogen-bond donors (Lipinski definition) is 1. The largest absolute Gasteiger partial charge is 0.468 e. The number of piperazine rings is 1. The molecule has 2 heterocycles. The third-order valence-electron chi connectivity index (χ3n) is 4.37. The second-order valence-corrected chi connectivity index (χ2v) is 6.22. The highest BCUT2D eigenvalue weighted by atomic mass is 16.3. The first-order chi connectivity index (χ1) is 11.8. The molecule has 5 nitrogen and oxygen atoms in total. The molecule has 1 N–H and O–H groups in total. The van der Waals surface area contributed by atoms with Crippen molar-refractivity contribution in [2.45, 2.75) is 13.0 Å². The van der Waals surface area contributed by atoms with Crippen LogP contribution in [-0.4, -0.2) is 55.0 Å².